The zero-order valence-corrected chi connectivity index (χ0v) is 12.9. The Morgan fingerprint density at radius 2 is 2.14 bits per heavy atom. The quantitative estimate of drug-likeness (QED) is 0.810. The van der Waals surface area contributed by atoms with Gasteiger partial charge in [0.25, 0.3) is 0 Å². The SMILES string of the molecule is CC(NC(=O)C1CC(c2ccccc2Cl)NN1)c1ccco1. The zero-order valence-electron chi connectivity index (χ0n) is 12.2. The van der Waals surface area contributed by atoms with Crippen LogP contribution >= 0.6 is 11.6 Å². The van der Waals surface area contributed by atoms with Crippen molar-refractivity contribution in [3.05, 3.63) is 59.0 Å². The highest BCUT2D eigenvalue weighted by Crippen LogP contribution is 2.28. The van der Waals surface area contributed by atoms with Gasteiger partial charge in [-0.2, -0.15) is 0 Å². The molecule has 5 nitrogen and oxygen atoms in total. The average Bonchev–Trinajstić information content (AvgIpc) is 3.19. The minimum absolute atomic E-state index is 0.0170. The van der Waals surface area contributed by atoms with E-state index in [1.165, 1.54) is 0 Å². The second-order valence-electron chi connectivity index (χ2n) is 5.40. The van der Waals surface area contributed by atoms with Gasteiger partial charge in [-0.25, -0.2) is 10.9 Å². The molecule has 3 N–H and O–H groups in total. The highest BCUT2D eigenvalue weighted by molar-refractivity contribution is 6.31. The smallest absolute Gasteiger partial charge is 0.239 e. The molecule has 3 unspecified atom stereocenters. The van der Waals surface area contributed by atoms with Gasteiger partial charge in [0.15, 0.2) is 0 Å². The maximum atomic E-state index is 12.3. The lowest BCUT2D eigenvalue weighted by Gasteiger charge is -2.15. The highest BCUT2D eigenvalue weighted by atomic mass is 35.5. The molecule has 0 aliphatic carbocycles. The average molecular weight is 320 g/mol. The molecule has 1 aromatic heterocycles. The van der Waals surface area contributed by atoms with Crippen LogP contribution < -0.4 is 16.2 Å². The summed E-state index contributed by atoms with van der Waals surface area (Å²) >= 11 is 6.20. The third-order valence-corrected chi connectivity index (χ3v) is 4.17. The Labute approximate surface area is 134 Å². The molecule has 1 aromatic carbocycles. The molecule has 0 bridgehead atoms. The summed E-state index contributed by atoms with van der Waals surface area (Å²) in [4.78, 5) is 12.3. The minimum atomic E-state index is -0.307. The fourth-order valence-electron chi connectivity index (χ4n) is 2.61. The van der Waals surface area contributed by atoms with Crippen LogP contribution in [0.3, 0.4) is 0 Å². The Hall–Kier alpha value is -1.82. The number of carbonyl (C=O) groups excluding carboxylic acids is 1. The predicted octanol–water partition coefficient (Wildman–Crippen LogP) is 2.72. The number of rotatable bonds is 4. The molecule has 1 saturated heterocycles. The molecule has 0 radical (unpaired) electrons. The van der Waals surface area contributed by atoms with Crippen LogP contribution in [0.1, 0.15) is 36.8 Å². The van der Waals surface area contributed by atoms with Gasteiger partial charge in [0.1, 0.15) is 11.8 Å². The van der Waals surface area contributed by atoms with Crippen molar-refractivity contribution in [2.45, 2.75) is 31.5 Å². The first-order chi connectivity index (χ1) is 10.6. The van der Waals surface area contributed by atoms with Gasteiger partial charge >= 0.3 is 0 Å². The van der Waals surface area contributed by atoms with E-state index in [9.17, 15) is 4.79 Å². The Balaban J connectivity index is 1.60. The van der Waals surface area contributed by atoms with E-state index in [1.807, 2.05) is 37.3 Å². The van der Waals surface area contributed by atoms with Gasteiger partial charge in [-0.3, -0.25) is 4.79 Å². The number of furan rings is 1. The molecule has 0 spiro atoms. The summed E-state index contributed by atoms with van der Waals surface area (Å²) in [6, 6.07) is 10.8. The number of hydrazine groups is 1. The summed E-state index contributed by atoms with van der Waals surface area (Å²) in [6.07, 6.45) is 2.24. The van der Waals surface area contributed by atoms with Crippen molar-refractivity contribution < 1.29 is 9.21 Å². The molecule has 3 atom stereocenters. The monoisotopic (exact) mass is 319 g/mol. The number of carbonyl (C=O) groups is 1. The maximum absolute atomic E-state index is 12.3. The van der Waals surface area contributed by atoms with Crippen LogP contribution in [-0.4, -0.2) is 11.9 Å². The Kier molecular flexibility index (Phi) is 4.47. The number of nitrogens with one attached hydrogen (secondary N) is 3. The molecule has 1 fully saturated rings. The van der Waals surface area contributed by atoms with Crippen molar-refractivity contribution >= 4 is 17.5 Å². The lowest BCUT2D eigenvalue weighted by molar-refractivity contribution is -0.123. The van der Waals surface area contributed by atoms with Gasteiger partial charge in [-0.1, -0.05) is 29.8 Å². The van der Waals surface area contributed by atoms with Gasteiger partial charge in [-0.15, -0.1) is 0 Å². The molecular formula is C16H18ClN3O2. The zero-order chi connectivity index (χ0) is 15.5. The molecule has 22 heavy (non-hydrogen) atoms. The Bertz CT molecular complexity index is 645. The lowest BCUT2D eigenvalue weighted by atomic mass is 10.0. The fraction of sp³-hybridized carbons (Fsp3) is 0.312. The predicted molar refractivity (Wildman–Crippen MR) is 84.1 cm³/mol. The van der Waals surface area contributed by atoms with Gasteiger partial charge in [0.2, 0.25) is 5.91 Å². The largest absolute Gasteiger partial charge is 0.467 e. The summed E-state index contributed by atoms with van der Waals surface area (Å²) < 4.78 is 5.30. The maximum Gasteiger partial charge on any atom is 0.239 e. The summed E-state index contributed by atoms with van der Waals surface area (Å²) in [5.41, 5.74) is 7.16. The number of amides is 1. The molecular weight excluding hydrogens is 302 g/mol. The molecule has 0 saturated carbocycles. The normalized spacial score (nSPS) is 22.5. The Morgan fingerprint density at radius 3 is 2.86 bits per heavy atom. The summed E-state index contributed by atoms with van der Waals surface area (Å²) in [5.74, 6) is 0.674. The lowest BCUT2D eigenvalue weighted by Crippen LogP contribution is -2.43. The van der Waals surface area contributed by atoms with Crippen molar-refractivity contribution in [1.29, 1.82) is 0 Å². The summed E-state index contributed by atoms with van der Waals surface area (Å²) in [6.45, 7) is 1.89. The van der Waals surface area contributed by atoms with Crippen molar-refractivity contribution in [3.63, 3.8) is 0 Å². The summed E-state index contributed by atoms with van der Waals surface area (Å²) in [5, 5.41) is 3.64. The van der Waals surface area contributed by atoms with Crippen LogP contribution in [0, 0.1) is 0 Å². The molecule has 1 aliphatic rings. The van der Waals surface area contributed by atoms with Crippen molar-refractivity contribution in [2.24, 2.45) is 0 Å². The molecule has 116 valence electrons. The molecule has 1 aliphatic heterocycles. The van der Waals surface area contributed by atoms with E-state index in [0.717, 1.165) is 11.3 Å². The van der Waals surface area contributed by atoms with Gasteiger partial charge in [0, 0.05) is 11.1 Å². The van der Waals surface area contributed by atoms with E-state index in [0.29, 0.717) is 11.4 Å². The van der Waals surface area contributed by atoms with E-state index < -0.39 is 0 Å². The first kappa shape index (κ1) is 15.1. The second kappa shape index (κ2) is 6.52. The van der Waals surface area contributed by atoms with Crippen molar-refractivity contribution in [3.8, 4) is 0 Å². The van der Waals surface area contributed by atoms with E-state index in [1.54, 1.807) is 12.3 Å². The van der Waals surface area contributed by atoms with Crippen LogP contribution in [-0.2, 0) is 4.79 Å². The molecule has 2 heterocycles. The number of halogens is 1. The molecule has 6 heteroatoms. The van der Waals surface area contributed by atoms with Crippen LogP contribution in [0.25, 0.3) is 0 Å². The first-order valence-electron chi connectivity index (χ1n) is 7.24. The highest BCUT2D eigenvalue weighted by Gasteiger charge is 2.31. The van der Waals surface area contributed by atoms with Crippen LogP contribution in [0.4, 0.5) is 0 Å². The van der Waals surface area contributed by atoms with E-state index in [4.69, 9.17) is 16.0 Å². The third kappa shape index (κ3) is 3.16. The van der Waals surface area contributed by atoms with E-state index in [-0.39, 0.29) is 24.0 Å². The third-order valence-electron chi connectivity index (χ3n) is 3.83. The minimum Gasteiger partial charge on any atom is -0.467 e. The molecule has 3 rings (SSSR count). The topological polar surface area (TPSA) is 66.3 Å². The van der Waals surface area contributed by atoms with Crippen LogP contribution in [0.2, 0.25) is 5.02 Å². The molecule has 2 aromatic rings. The Morgan fingerprint density at radius 1 is 1.32 bits per heavy atom. The van der Waals surface area contributed by atoms with Crippen molar-refractivity contribution in [2.75, 3.05) is 0 Å². The van der Waals surface area contributed by atoms with Gasteiger partial charge in [-0.05, 0) is 37.1 Å². The summed E-state index contributed by atoms with van der Waals surface area (Å²) in [7, 11) is 0. The number of hydrogen-bond donors (Lipinski definition) is 3. The number of benzene rings is 1. The fourth-order valence-corrected chi connectivity index (χ4v) is 2.88. The van der Waals surface area contributed by atoms with E-state index in [2.05, 4.69) is 16.2 Å². The standard InChI is InChI=1S/C16H18ClN3O2/c1-10(15-7-4-8-22-15)18-16(21)14-9-13(19-20-14)11-5-2-3-6-12(11)17/h2-8,10,13-14,19-20H,9H2,1H3,(H,18,21). The first-order valence-corrected chi connectivity index (χ1v) is 7.62. The van der Waals surface area contributed by atoms with Gasteiger partial charge in [0.05, 0.1) is 12.3 Å². The van der Waals surface area contributed by atoms with Crippen LogP contribution in [0.5, 0.6) is 0 Å². The van der Waals surface area contributed by atoms with Gasteiger partial charge < -0.3 is 9.73 Å². The van der Waals surface area contributed by atoms with E-state index >= 15 is 0 Å². The second-order valence-corrected chi connectivity index (χ2v) is 5.80. The van der Waals surface area contributed by atoms with Crippen LogP contribution in [0.15, 0.2) is 47.1 Å². The number of hydrogen-bond acceptors (Lipinski definition) is 4. The molecule has 1 amide bonds. The van der Waals surface area contributed by atoms with Crippen molar-refractivity contribution in [1.82, 2.24) is 16.2 Å².